The van der Waals surface area contributed by atoms with E-state index in [1.807, 2.05) is 39.9 Å². The van der Waals surface area contributed by atoms with Crippen molar-refractivity contribution in [3.8, 4) is 5.69 Å². The first-order chi connectivity index (χ1) is 12.6. The Hall–Kier alpha value is -3.09. The van der Waals surface area contributed by atoms with E-state index in [-0.39, 0.29) is 12.3 Å². The molecule has 1 aliphatic heterocycles. The molecule has 134 valence electrons. The van der Waals surface area contributed by atoms with Crippen molar-refractivity contribution < 1.29 is 14.7 Å². The number of fused-ring (bicyclic) bond motifs is 1. The minimum Gasteiger partial charge on any atom is -0.481 e. The van der Waals surface area contributed by atoms with Gasteiger partial charge in [0, 0.05) is 36.7 Å². The first-order valence-electron chi connectivity index (χ1n) is 8.78. The SMILES string of the molecule is O=C(O)Cc1cnn2ccc(-n3cccc3C(=O)N3CCCCC3)cc12. The Kier molecular flexibility index (Phi) is 4.20. The number of carbonyl (C=O) groups excluding carboxylic acids is 1. The van der Waals surface area contributed by atoms with E-state index < -0.39 is 5.97 Å². The van der Waals surface area contributed by atoms with Crippen molar-refractivity contribution in [2.75, 3.05) is 13.1 Å². The van der Waals surface area contributed by atoms with E-state index in [4.69, 9.17) is 5.11 Å². The summed E-state index contributed by atoms with van der Waals surface area (Å²) in [6.45, 7) is 1.60. The fraction of sp³-hybridized carbons (Fsp3) is 0.316. The van der Waals surface area contributed by atoms with Gasteiger partial charge in [0.05, 0.1) is 18.1 Å². The Morgan fingerprint density at radius 1 is 1.12 bits per heavy atom. The van der Waals surface area contributed by atoms with Crippen LogP contribution in [0.15, 0.2) is 42.9 Å². The second-order valence-electron chi connectivity index (χ2n) is 6.57. The van der Waals surface area contributed by atoms with Crippen LogP contribution in [0.3, 0.4) is 0 Å². The molecule has 4 heterocycles. The number of hydrogen-bond acceptors (Lipinski definition) is 3. The molecule has 7 nitrogen and oxygen atoms in total. The van der Waals surface area contributed by atoms with E-state index in [1.54, 1.807) is 16.9 Å². The number of rotatable bonds is 4. The summed E-state index contributed by atoms with van der Waals surface area (Å²) in [6.07, 6.45) is 8.40. The van der Waals surface area contributed by atoms with E-state index in [1.165, 1.54) is 6.42 Å². The van der Waals surface area contributed by atoms with Gasteiger partial charge >= 0.3 is 5.97 Å². The second kappa shape index (κ2) is 6.67. The first-order valence-corrected chi connectivity index (χ1v) is 8.78. The number of likely N-dealkylation sites (tertiary alicyclic amines) is 1. The van der Waals surface area contributed by atoms with E-state index in [0.717, 1.165) is 37.1 Å². The predicted molar refractivity (Wildman–Crippen MR) is 95.6 cm³/mol. The van der Waals surface area contributed by atoms with Gasteiger partial charge in [0.2, 0.25) is 0 Å². The Balaban J connectivity index is 1.71. The van der Waals surface area contributed by atoms with Gasteiger partial charge in [-0.3, -0.25) is 9.59 Å². The summed E-state index contributed by atoms with van der Waals surface area (Å²) in [4.78, 5) is 25.8. The summed E-state index contributed by atoms with van der Waals surface area (Å²) < 4.78 is 3.51. The lowest BCUT2D eigenvalue weighted by Gasteiger charge is -2.27. The quantitative estimate of drug-likeness (QED) is 0.782. The standard InChI is InChI=1S/C19H20N4O3/c24-18(25)11-14-13-20-23-10-6-15(12-17(14)23)22-9-4-5-16(22)19(26)21-7-2-1-3-8-21/h4-6,9-10,12-13H,1-3,7-8,11H2,(H,24,25). The Labute approximate surface area is 150 Å². The maximum atomic E-state index is 12.9. The summed E-state index contributed by atoms with van der Waals surface area (Å²) >= 11 is 0. The smallest absolute Gasteiger partial charge is 0.307 e. The maximum absolute atomic E-state index is 12.9. The minimum absolute atomic E-state index is 0.0360. The number of aliphatic carboxylic acids is 1. The van der Waals surface area contributed by atoms with Crippen LogP contribution in [0.2, 0.25) is 0 Å². The predicted octanol–water partition coefficient (Wildman–Crippen LogP) is 2.38. The highest BCUT2D eigenvalue weighted by Crippen LogP contribution is 2.20. The van der Waals surface area contributed by atoms with Gasteiger partial charge in [0.1, 0.15) is 5.69 Å². The average molecular weight is 352 g/mol. The zero-order valence-electron chi connectivity index (χ0n) is 14.3. The third-order valence-electron chi connectivity index (χ3n) is 4.82. The number of nitrogens with zero attached hydrogens (tertiary/aromatic N) is 4. The van der Waals surface area contributed by atoms with Crippen molar-refractivity contribution in [3.63, 3.8) is 0 Å². The fourth-order valence-electron chi connectivity index (χ4n) is 3.51. The molecule has 7 heteroatoms. The molecule has 0 atom stereocenters. The lowest BCUT2D eigenvalue weighted by Crippen LogP contribution is -2.36. The van der Waals surface area contributed by atoms with Gasteiger partial charge in [-0.15, -0.1) is 0 Å². The van der Waals surface area contributed by atoms with Gasteiger partial charge in [0.15, 0.2) is 0 Å². The molecule has 0 aromatic carbocycles. The lowest BCUT2D eigenvalue weighted by atomic mass is 10.1. The molecule has 3 aromatic rings. The summed E-state index contributed by atoms with van der Waals surface area (Å²) in [5.41, 5.74) is 2.82. The second-order valence-corrected chi connectivity index (χ2v) is 6.57. The van der Waals surface area contributed by atoms with Crippen LogP contribution in [-0.4, -0.2) is 49.2 Å². The van der Waals surface area contributed by atoms with E-state index in [2.05, 4.69) is 5.10 Å². The molecule has 0 bridgehead atoms. The summed E-state index contributed by atoms with van der Waals surface area (Å²) in [7, 11) is 0. The van der Waals surface area contributed by atoms with Crippen molar-refractivity contribution in [3.05, 3.63) is 54.1 Å². The van der Waals surface area contributed by atoms with Crippen molar-refractivity contribution in [2.45, 2.75) is 25.7 Å². The van der Waals surface area contributed by atoms with Gasteiger partial charge in [0.25, 0.3) is 5.91 Å². The lowest BCUT2D eigenvalue weighted by molar-refractivity contribution is -0.136. The highest BCUT2D eigenvalue weighted by atomic mass is 16.4. The van der Waals surface area contributed by atoms with Gasteiger partial charge in [-0.05, 0) is 43.5 Å². The van der Waals surface area contributed by atoms with Crippen LogP contribution < -0.4 is 0 Å². The molecule has 3 aromatic heterocycles. The molecular formula is C19H20N4O3. The fourth-order valence-corrected chi connectivity index (χ4v) is 3.51. The number of aromatic nitrogens is 3. The summed E-state index contributed by atoms with van der Waals surface area (Å²) in [5, 5.41) is 13.3. The topological polar surface area (TPSA) is 79.8 Å². The van der Waals surface area contributed by atoms with Crippen LogP contribution in [0, 0.1) is 0 Å². The number of carboxylic acid groups (broad SMARTS) is 1. The minimum atomic E-state index is -0.896. The number of piperidine rings is 1. The zero-order valence-corrected chi connectivity index (χ0v) is 14.3. The Bertz CT molecular complexity index is 966. The van der Waals surface area contributed by atoms with Crippen LogP contribution in [-0.2, 0) is 11.2 Å². The van der Waals surface area contributed by atoms with Crippen molar-refractivity contribution in [1.82, 2.24) is 19.1 Å². The summed E-state index contributed by atoms with van der Waals surface area (Å²) in [6, 6.07) is 7.43. The highest BCUT2D eigenvalue weighted by molar-refractivity contribution is 5.93. The Morgan fingerprint density at radius 3 is 2.69 bits per heavy atom. The average Bonchev–Trinajstić information content (AvgIpc) is 3.28. The molecule has 0 saturated carbocycles. The maximum Gasteiger partial charge on any atom is 0.307 e. The molecular weight excluding hydrogens is 332 g/mol. The van der Waals surface area contributed by atoms with Gasteiger partial charge in [-0.25, -0.2) is 4.52 Å². The summed E-state index contributed by atoms with van der Waals surface area (Å²) in [5.74, 6) is -0.860. The van der Waals surface area contributed by atoms with E-state index >= 15 is 0 Å². The van der Waals surface area contributed by atoms with Crippen LogP contribution in [0.25, 0.3) is 11.2 Å². The number of hydrogen-bond donors (Lipinski definition) is 1. The number of carboxylic acids is 1. The van der Waals surface area contributed by atoms with Crippen molar-refractivity contribution in [2.24, 2.45) is 0 Å². The van der Waals surface area contributed by atoms with Gasteiger partial charge in [-0.1, -0.05) is 0 Å². The monoisotopic (exact) mass is 352 g/mol. The first kappa shape index (κ1) is 16.4. The number of amides is 1. The van der Waals surface area contributed by atoms with Crippen LogP contribution in [0.1, 0.15) is 35.3 Å². The molecule has 1 aliphatic rings. The van der Waals surface area contributed by atoms with Crippen LogP contribution in [0.4, 0.5) is 0 Å². The van der Waals surface area contributed by atoms with Crippen molar-refractivity contribution >= 4 is 17.4 Å². The van der Waals surface area contributed by atoms with E-state index in [0.29, 0.717) is 11.3 Å². The normalized spacial score (nSPS) is 14.7. The number of pyridine rings is 1. The molecule has 0 spiro atoms. The molecule has 0 aliphatic carbocycles. The van der Waals surface area contributed by atoms with Gasteiger partial charge in [-0.2, -0.15) is 5.10 Å². The molecule has 1 amide bonds. The van der Waals surface area contributed by atoms with Gasteiger partial charge < -0.3 is 14.6 Å². The molecule has 1 N–H and O–H groups in total. The molecule has 0 radical (unpaired) electrons. The largest absolute Gasteiger partial charge is 0.481 e. The Morgan fingerprint density at radius 2 is 1.92 bits per heavy atom. The molecule has 4 rings (SSSR count). The highest BCUT2D eigenvalue weighted by Gasteiger charge is 2.21. The number of carbonyl (C=O) groups is 2. The van der Waals surface area contributed by atoms with Crippen LogP contribution >= 0.6 is 0 Å². The molecule has 0 unspecified atom stereocenters. The van der Waals surface area contributed by atoms with Crippen LogP contribution in [0.5, 0.6) is 0 Å². The van der Waals surface area contributed by atoms with Crippen molar-refractivity contribution in [1.29, 1.82) is 0 Å². The van der Waals surface area contributed by atoms with E-state index in [9.17, 15) is 9.59 Å². The molecule has 1 fully saturated rings. The molecule has 26 heavy (non-hydrogen) atoms. The third kappa shape index (κ3) is 2.96. The third-order valence-corrected chi connectivity index (χ3v) is 4.82. The zero-order chi connectivity index (χ0) is 18.1. The molecule has 1 saturated heterocycles.